The molecule has 1 heterocycles. The third kappa shape index (κ3) is 5.06. The van der Waals surface area contributed by atoms with Crippen molar-refractivity contribution in [3.63, 3.8) is 0 Å². The lowest BCUT2D eigenvalue weighted by molar-refractivity contribution is -0.134. The van der Waals surface area contributed by atoms with Crippen LogP contribution in [0.4, 0.5) is 5.82 Å². The van der Waals surface area contributed by atoms with E-state index in [1.165, 1.54) is 11.9 Å². The highest BCUT2D eigenvalue weighted by Gasteiger charge is 2.14. The summed E-state index contributed by atoms with van der Waals surface area (Å²) in [5, 5.41) is 8.40. The van der Waals surface area contributed by atoms with Crippen molar-refractivity contribution in [2.75, 3.05) is 32.0 Å². The van der Waals surface area contributed by atoms with Crippen LogP contribution in [-0.2, 0) is 14.4 Å². The lowest BCUT2D eigenvalue weighted by Gasteiger charge is -2.16. The van der Waals surface area contributed by atoms with Crippen LogP contribution < -0.4 is 16.4 Å². The number of hydrogen-bond donors (Lipinski definition) is 3. The van der Waals surface area contributed by atoms with E-state index in [-0.39, 0.29) is 25.5 Å². The monoisotopic (exact) mass is 283 g/mol. The molecule has 1 aromatic heterocycles. The number of nitrogens with two attached hydrogens (primary N) is 1. The first-order valence-electron chi connectivity index (χ1n) is 5.86. The first-order valence-corrected chi connectivity index (χ1v) is 5.86. The Balaban J connectivity index is 2.37. The third-order valence-corrected chi connectivity index (χ3v) is 2.32. The van der Waals surface area contributed by atoms with Crippen LogP contribution in [0.2, 0.25) is 0 Å². The number of carbonyl (C=O) groups excluding carboxylic acids is 3. The molecule has 0 saturated heterocycles. The van der Waals surface area contributed by atoms with Gasteiger partial charge in [-0.3, -0.25) is 14.4 Å². The number of carbonyl (C=O) groups is 3. The van der Waals surface area contributed by atoms with Gasteiger partial charge in [0, 0.05) is 13.1 Å². The number of aryl methyl sites for hydroxylation is 1. The highest BCUT2D eigenvalue weighted by Crippen LogP contribution is 2.06. The molecule has 0 unspecified atom stereocenters. The number of nitrogens with zero attached hydrogens (tertiary/aromatic N) is 2. The molecule has 0 saturated carbocycles. The van der Waals surface area contributed by atoms with Crippen molar-refractivity contribution < 1.29 is 18.9 Å². The minimum absolute atomic E-state index is 0.163. The Hall–Kier alpha value is -2.42. The molecule has 0 aromatic carbocycles. The topological polar surface area (TPSA) is 131 Å². The predicted octanol–water partition coefficient (Wildman–Crippen LogP) is -1.55. The van der Waals surface area contributed by atoms with Gasteiger partial charge in [0.15, 0.2) is 5.82 Å². The standard InChI is InChI=1S/C11H17N5O4/c1-7-3-8(15-20-7)14-10(18)6-16(2)11(19)5-13-9(17)4-12/h3H,4-6,12H2,1-2H3,(H,13,17)(H,14,15,18). The molecule has 0 spiro atoms. The van der Waals surface area contributed by atoms with Crippen LogP contribution in [0.3, 0.4) is 0 Å². The van der Waals surface area contributed by atoms with E-state index in [0.29, 0.717) is 5.76 Å². The van der Waals surface area contributed by atoms with E-state index >= 15 is 0 Å². The molecule has 0 bridgehead atoms. The van der Waals surface area contributed by atoms with Crippen LogP contribution in [0.15, 0.2) is 10.6 Å². The summed E-state index contributed by atoms with van der Waals surface area (Å²) in [5.41, 5.74) is 5.09. The van der Waals surface area contributed by atoms with Gasteiger partial charge in [0.25, 0.3) is 0 Å². The Morgan fingerprint density at radius 3 is 2.65 bits per heavy atom. The average Bonchev–Trinajstić information content (AvgIpc) is 2.80. The highest BCUT2D eigenvalue weighted by atomic mass is 16.5. The molecular formula is C11H17N5O4. The largest absolute Gasteiger partial charge is 0.360 e. The summed E-state index contributed by atoms with van der Waals surface area (Å²) in [4.78, 5) is 35.3. The van der Waals surface area contributed by atoms with Gasteiger partial charge in [-0.1, -0.05) is 5.16 Å². The van der Waals surface area contributed by atoms with Gasteiger partial charge in [0.1, 0.15) is 5.76 Å². The summed E-state index contributed by atoms with van der Waals surface area (Å²) in [5.74, 6) is -0.411. The predicted molar refractivity (Wildman–Crippen MR) is 69.6 cm³/mol. The average molecular weight is 283 g/mol. The van der Waals surface area contributed by atoms with Gasteiger partial charge in [0.05, 0.1) is 19.6 Å². The third-order valence-electron chi connectivity index (χ3n) is 2.32. The fourth-order valence-electron chi connectivity index (χ4n) is 1.29. The summed E-state index contributed by atoms with van der Waals surface area (Å²) in [6.07, 6.45) is 0. The van der Waals surface area contributed by atoms with Crippen molar-refractivity contribution in [1.82, 2.24) is 15.4 Å². The van der Waals surface area contributed by atoms with Crippen LogP contribution in [-0.4, -0.2) is 54.5 Å². The number of amides is 3. The molecular weight excluding hydrogens is 266 g/mol. The van der Waals surface area contributed by atoms with Crippen LogP contribution in [0.1, 0.15) is 5.76 Å². The van der Waals surface area contributed by atoms with E-state index in [1.807, 2.05) is 0 Å². The molecule has 9 heteroatoms. The van der Waals surface area contributed by atoms with Crippen LogP contribution in [0, 0.1) is 6.92 Å². The Labute approximate surface area is 115 Å². The van der Waals surface area contributed by atoms with Crippen molar-refractivity contribution in [3.05, 3.63) is 11.8 Å². The van der Waals surface area contributed by atoms with Gasteiger partial charge < -0.3 is 25.8 Å². The Morgan fingerprint density at radius 1 is 1.40 bits per heavy atom. The van der Waals surface area contributed by atoms with E-state index in [1.54, 1.807) is 13.0 Å². The van der Waals surface area contributed by atoms with Crippen LogP contribution in [0.25, 0.3) is 0 Å². The van der Waals surface area contributed by atoms with Crippen LogP contribution in [0.5, 0.6) is 0 Å². The lowest BCUT2D eigenvalue weighted by Crippen LogP contribution is -2.42. The zero-order valence-corrected chi connectivity index (χ0v) is 11.3. The zero-order valence-electron chi connectivity index (χ0n) is 11.3. The maximum absolute atomic E-state index is 11.6. The van der Waals surface area contributed by atoms with Crippen molar-refractivity contribution in [1.29, 1.82) is 0 Å². The number of anilines is 1. The number of nitrogens with one attached hydrogen (secondary N) is 2. The van der Waals surface area contributed by atoms with E-state index in [4.69, 9.17) is 10.3 Å². The van der Waals surface area contributed by atoms with Gasteiger partial charge in [-0.05, 0) is 6.92 Å². The van der Waals surface area contributed by atoms with E-state index < -0.39 is 17.7 Å². The molecule has 1 rings (SSSR count). The van der Waals surface area contributed by atoms with E-state index in [0.717, 1.165) is 0 Å². The van der Waals surface area contributed by atoms with Crippen molar-refractivity contribution >= 4 is 23.5 Å². The Bertz CT molecular complexity index is 499. The zero-order chi connectivity index (χ0) is 15.1. The fraction of sp³-hybridized carbons (Fsp3) is 0.455. The fourth-order valence-corrected chi connectivity index (χ4v) is 1.29. The summed E-state index contributed by atoms with van der Waals surface area (Å²) < 4.78 is 4.79. The molecule has 0 aliphatic carbocycles. The number of hydrogen-bond acceptors (Lipinski definition) is 6. The van der Waals surface area contributed by atoms with Crippen LogP contribution >= 0.6 is 0 Å². The molecule has 0 fully saturated rings. The molecule has 3 amide bonds. The van der Waals surface area contributed by atoms with Gasteiger partial charge in [-0.2, -0.15) is 0 Å². The van der Waals surface area contributed by atoms with Gasteiger partial charge >= 0.3 is 0 Å². The summed E-state index contributed by atoms with van der Waals surface area (Å²) >= 11 is 0. The normalized spacial score (nSPS) is 9.95. The van der Waals surface area contributed by atoms with E-state index in [9.17, 15) is 14.4 Å². The second-order valence-electron chi connectivity index (χ2n) is 4.10. The lowest BCUT2D eigenvalue weighted by atomic mass is 10.4. The number of likely N-dealkylation sites (N-methyl/N-ethyl adjacent to an activating group) is 1. The Kier molecular flexibility index (Phi) is 5.66. The van der Waals surface area contributed by atoms with Crippen molar-refractivity contribution in [3.8, 4) is 0 Å². The molecule has 4 N–H and O–H groups in total. The van der Waals surface area contributed by atoms with Gasteiger partial charge in [-0.25, -0.2) is 0 Å². The Morgan fingerprint density at radius 2 is 2.10 bits per heavy atom. The maximum atomic E-state index is 11.6. The summed E-state index contributed by atoms with van der Waals surface area (Å²) in [7, 11) is 1.45. The molecule has 110 valence electrons. The van der Waals surface area contributed by atoms with Crippen molar-refractivity contribution in [2.24, 2.45) is 5.73 Å². The summed E-state index contributed by atoms with van der Waals surface area (Å²) in [6.45, 7) is 1.13. The maximum Gasteiger partial charge on any atom is 0.245 e. The van der Waals surface area contributed by atoms with Gasteiger partial charge in [-0.15, -0.1) is 0 Å². The number of aromatic nitrogens is 1. The minimum Gasteiger partial charge on any atom is -0.360 e. The molecule has 20 heavy (non-hydrogen) atoms. The first kappa shape index (κ1) is 15.6. The number of rotatable bonds is 6. The van der Waals surface area contributed by atoms with Crippen molar-refractivity contribution in [2.45, 2.75) is 6.92 Å². The molecule has 0 atom stereocenters. The molecule has 0 aliphatic rings. The molecule has 9 nitrogen and oxygen atoms in total. The van der Waals surface area contributed by atoms with Gasteiger partial charge in [0.2, 0.25) is 17.7 Å². The molecule has 0 radical (unpaired) electrons. The highest BCUT2D eigenvalue weighted by molar-refractivity contribution is 5.94. The molecule has 1 aromatic rings. The first-order chi connectivity index (χ1) is 9.42. The smallest absolute Gasteiger partial charge is 0.245 e. The summed E-state index contributed by atoms with van der Waals surface area (Å²) in [6, 6.07) is 1.56. The second-order valence-corrected chi connectivity index (χ2v) is 4.10. The molecule has 0 aliphatic heterocycles. The van der Waals surface area contributed by atoms with E-state index in [2.05, 4.69) is 15.8 Å². The second kappa shape index (κ2) is 7.24. The quantitative estimate of drug-likeness (QED) is 0.579. The minimum atomic E-state index is -0.436. The SMILES string of the molecule is Cc1cc(NC(=O)CN(C)C(=O)CNC(=O)CN)no1.